The van der Waals surface area contributed by atoms with Crippen LogP contribution in [-0.4, -0.2) is 58.0 Å². The standard InChI is InChI=1S/C25H33ClN5O6P/c1-36-21-7-2-16(12-20(21)26)13-27-22-19(14-28-24(30-22)31-11-10-25(15-31)8-9-25)23(32)29-17-3-5-18(6-4-17)37-38(33,34)35/h2,7,12,14,17-18H,3-6,8-11,13,15H2,1H3,(H,29,32)(H,27,28,30)(H2,33,34,35). The summed E-state index contributed by atoms with van der Waals surface area (Å²) in [6, 6.07) is 5.37. The van der Waals surface area contributed by atoms with E-state index in [1.54, 1.807) is 19.4 Å². The largest absolute Gasteiger partial charge is 0.495 e. The molecule has 38 heavy (non-hydrogen) atoms. The van der Waals surface area contributed by atoms with Gasteiger partial charge in [0.25, 0.3) is 5.91 Å². The molecule has 2 heterocycles. The highest BCUT2D eigenvalue weighted by atomic mass is 35.5. The Morgan fingerprint density at radius 3 is 2.63 bits per heavy atom. The molecule has 3 aliphatic rings. The molecule has 1 saturated heterocycles. The van der Waals surface area contributed by atoms with Crippen LogP contribution in [0.5, 0.6) is 5.75 Å². The number of rotatable bonds is 9. The zero-order chi connectivity index (χ0) is 26.9. The smallest absolute Gasteiger partial charge is 0.469 e. The molecule has 11 nitrogen and oxygen atoms in total. The van der Waals surface area contributed by atoms with Crippen LogP contribution in [0.4, 0.5) is 11.8 Å². The molecule has 5 rings (SSSR count). The number of halogens is 1. The molecule has 0 radical (unpaired) electrons. The van der Waals surface area contributed by atoms with Gasteiger partial charge < -0.3 is 30.1 Å². The number of nitrogens with one attached hydrogen (secondary N) is 2. The Morgan fingerprint density at radius 1 is 1.24 bits per heavy atom. The number of carbonyl (C=O) groups is 1. The lowest BCUT2D eigenvalue weighted by molar-refractivity contribution is 0.0820. The molecule has 1 spiro atoms. The Labute approximate surface area is 226 Å². The van der Waals surface area contributed by atoms with Crippen LogP contribution >= 0.6 is 19.4 Å². The van der Waals surface area contributed by atoms with Crippen LogP contribution < -0.4 is 20.3 Å². The molecule has 2 aliphatic carbocycles. The SMILES string of the molecule is COc1ccc(CNc2nc(N3CCC4(CC4)C3)ncc2C(=O)NC2CCC(OP(=O)(O)O)CC2)cc1Cl. The Morgan fingerprint density at radius 2 is 2.00 bits per heavy atom. The number of hydrogen-bond acceptors (Lipinski definition) is 8. The summed E-state index contributed by atoms with van der Waals surface area (Å²) in [7, 11) is -2.96. The van der Waals surface area contributed by atoms with Gasteiger partial charge in [0, 0.05) is 31.9 Å². The number of nitrogens with zero attached hydrogens (tertiary/aromatic N) is 3. The van der Waals surface area contributed by atoms with E-state index < -0.39 is 13.9 Å². The van der Waals surface area contributed by atoms with Gasteiger partial charge in [-0.2, -0.15) is 4.98 Å². The van der Waals surface area contributed by atoms with E-state index in [0.29, 0.717) is 65.7 Å². The number of carbonyl (C=O) groups excluding carboxylic acids is 1. The number of methoxy groups -OCH3 is 1. The fraction of sp³-hybridized carbons (Fsp3) is 0.560. The van der Waals surface area contributed by atoms with Crippen molar-refractivity contribution in [2.24, 2.45) is 5.41 Å². The molecule has 13 heteroatoms. The molecule has 206 valence electrons. The van der Waals surface area contributed by atoms with Crippen molar-refractivity contribution in [1.82, 2.24) is 15.3 Å². The average Bonchev–Trinajstić information content (AvgIpc) is 3.51. The van der Waals surface area contributed by atoms with E-state index in [2.05, 4.69) is 20.5 Å². The van der Waals surface area contributed by atoms with Crippen LogP contribution in [0.2, 0.25) is 5.02 Å². The summed E-state index contributed by atoms with van der Waals surface area (Å²) in [5.41, 5.74) is 1.65. The number of anilines is 2. The van der Waals surface area contributed by atoms with Gasteiger partial charge in [-0.15, -0.1) is 0 Å². The van der Waals surface area contributed by atoms with Crippen LogP contribution in [0.1, 0.15) is 60.9 Å². The summed E-state index contributed by atoms with van der Waals surface area (Å²) < 4.78 is 21.2. The zero-order valence-electron chi connectivity index (χ0n) is 21.2. The summed E-state index contributed by atoms with van der Waals surface area (Å²) in [6.45, 7) is 2.24. The molecule has 0 atom stereocenters. The minimum absolute atomic E-state index is 0.139. The minimum atomic E-state index is -4.53. The number of hydrogen-bond donors (Lipinski definition) is 4. The molecule has 2 saturated carbocycles. The molecule has 1 amide bonds. The van der Waals surface area contributed by atoms with Gasteiger partial charge in [-0.25, -0.2) is 9.55 Å². The molecule has 3 fully saturated rings. The van der Waals surface area contributed by atoms with Gasteiger partial charge in [0.1, 0.15) is 17.1 Å². The van der Waals surface area contributed by atoms with E-state index in [9.17, 15) is 9.36 Å². The average molecular weight is 566 g/mol. The predicted octanol–water partition coefficient (Wildman–Crippen LogP) is 3.89. The second kappa shape index (κ2) is 11.0. The van der Waals surface area contributed by atoms with E-state index in [4.69, 9.17) is 35.6 Å². The van der Waals surface area contributed by atoms with Crippen molar-refractivity contribution >= 4 is 37.1 Å². The van der Waals surface area contributed by atoms with Crippen molar-refractivity contribution in [3.05, 3.63) is 40.5 Å². The van der Waals surface area contributed by atoms with Gasteiger partial charge in [-0.05, 0) is 68.1 Å². The number of amides is 1. The highest BCUT2D eigenvalue weighted by Gasteiger charge is 2.48. The molecule has 0 unspecified atom stereocenters. The fourth-order valence-corrected chi connectivity index (χ4v) is 6.17. The van der Waals surface area contributed by atoms with Gasteiger partial charge in [-0.1, -0.05) is 17.7 Å². The second-order valence-corrected chi connectivity index (χ2v) is 12.1. The summed E-state index contributed by atoms with van der Waals surface area (Å²) in [5.74, 6) is 1.33. The molecule has 1 aliphatic heterocycles. The third kappa shape index (κ3) is 6.58. The third-order valence-electron chi connectivity index (χ3n) is 7.67. The highest BCUT2D eigenvalue weighted by molar-refractivity contribution is 7.46. The van der Waals surface area contributed by atoms with E-state index in [1.807, 2.05) is 12.1 Å². The molecule has 1 aromatic heterocycles. The lowest BCUT2D eigenvalue weighted by atomic mass is 9.93. The van der Waals surface area contributed by atoms with Gasteiger partial charge in [0.2, 0.25) is 5.95 Å². The molecular formula is C25H33ClN5O6P. The maximum atomic E-state index is 13.3. The molecule has 4 N–H and O–H groups in total. The van der Waals surface area contributed by atoms with E-state index in [0.717, 1.165) is 25.1 Å². The topological polar surface area (TPSA) is 146 Å². The molecule has 2 aromatic rings. The van der Waals surface area contributed by atoms with Crippen LogP contribution in [0, 0.1) is 5.41 Å². The van der Waals surface area contributed by atoms with Gasteiger partial charge in [0.05, 0.1) is 18.2 Å². The first-order valence-electron chi connectivity index (χ1n) is 12.9. The Hall–Kier alpha value is -2.43. The second-order valence-electron chi connectivity index (χ2n) is 10.5. The first kappa shape index (κ1) is 27.1. The number of phosphoric ester groups is 1. The number of aromatic nitrogens is 2. The van der Waals surface area contributed by atoms with E-state index >= 15 is 0 Å². The predicted molar refractivity (Wildman–Crippen MR) is 142 cm³/mol. The lowest BCUT2D eigenvalue weighted by Gasteiger charge is -2.29. The van der Waals surface area contributed by atoms with Crippen LogP contribution in [-0.2, 0) is 15.6 Å². The quantitative estimate of drug-likeness (QED) is 0.330. The van der Waals surface area contributed by atoms with Crippen molar-refractivity contribution in [3.8, 4) is 5.75 Å². The summed E-state index contributed by atoms with van der Waals surface area (Å²) in [5, 5.41) is 6.83. The number of phosphoric acid groups is 1. The maximum Gasteiger partial charge on any atom is 0.469 e. The Kier molecular flexibility index (Phi) is 7.84. The third-order valence-corrected chi connectivity index (χ3v) is 8.54. The van der Waals surface area contributed by atoms with E-state index in [1.165, 1.54) is 12.8 Å². The molecule has 0 bridgehead atoms. The fourth-order valence-electron chi connectivity index (χ4n) is 5.29. The number of ether oxygens (including phenoxy) is 1. The van der Waals surface area contributed by atoms with Crippen molar-refractivity contribution in [3.63, 3.8) is 0 Å². The van der Waals surface area contributed by atoms with Gasteiger partial charge in [-0.3, -0.25) is 9.32 Å². The van der Waals surface area contributed by atoms with Crippen molar-refractivity contribution in [1.29, 1.82) is 0 Å². The first-order chi connectivity index (χ1) is 18.1. The number of benzene rings is 1. The van der Waals surface area contributed by atoms with E-state index in [-0.39, 0.29) is 11.9 Å². The maximum absolute atomic E-state index is 13.3. The molecular weight excluding hydrogens is 533 g/mol. The van der Waals surface area contributed by atoms with Gasteiger partial charge in [0.15, 0.2) is 0 Å². The normalized spacial score (nSPS) is 22.4. The minimum Gasteiger partial charge on any atom is -0.495 e. The van der Waals surface area contributed by atoms with Crippen molar-refractivity contribution in [2.45, 2.75) is 63.6 Å². The Balaban J connectivity index is 1.29. The first-order valence-corrected chi connectivity index (χ1v) is 14.8. The van der Waals surface area contributed by atoms with Crippen LogP contribution in [0.25, 0.3) is 0 Å². The summed E-state index contributed by atoms with van der Waals surface area (Å²) >= 11 is 6.29. The van der Waals surface area contributed by atoms with Crippen LogP contribution in [0.3, 0.4) is 0 Å². The summed E-state index contributed by atoms with van der Waals surface area (Å²) in [6.07, 6.45) is 6.69. The monoisotopic (exact) mass is 565 g/mol. The van der Waals surface area contributed by atoms with Crippen molar-refractivity contribution < 1.29 is 28.4 Å². The van der Waals surface area contributed by atoms with Gasteiger partial charge >= 0.3 is 7.82 Å². The van der Waals surface area contributed by atoms with Crippen LogP contribution in [0.15, 0.2) is 24.4 Å². The summed E-state index contributed by atoms with van der Waals surface area (Å²) in [4.78, 5) is 42.9. The van der Waals surface area contributed by atoms with Crippen molar-refractivity contribution in [2.75, 3.05) is 30.4 Å². The Bertz CT molecular complexity index is 1230. The lowest BCUT2D eigenvalue weighted by Crippen LogP contribution is -2.39. The zero-order valence-corrected chi connectivity index (χ0v) is 22.9. The highest BCUT2D eigenvalue weighted by Crippen LogP contribution is 2.53. The molecule has 1 aromatic carbocycles.